The van der Waals surface area contributed by atoms with E-state index in [1.165, 1.54) is 177 Å². The third-order valence-corrected chi connectivity index (χ3v) is 25.7. The minimum Gasteiger partial charge on any atom is -0.356 e. The van der Waals surface area contributed by atoms with Crippen molar-refractivity contribution in [1.29, 1.82) is 0 Å². The van der Waals surface area contributed by atoms with Gasteiger partial charge in [-0.1, -0.05) is 443 Å². The van der Waals surface area contributed by atoms with Gasteiger partial charge in [0.2, 0.25) is 0 Å². The van der Waals surface area contributed by atoms with Crippen LogP contribution in [0.15, 0.2) is 582 Å². The predicted octanol–water partition coefficient (Wildman–Crippen LogP) is 38.3. The molecule has 0 fully saturated rings. The number of hydrogen-bond acceptors (Lipinski definition) is 4. The van der Waals surface area contributed by atoms with Crippen LogP contribution in [0.2, 0.25) is 0 Å². The second kappa shape index (κ2) is 42.4. The smallest absolute Gasteiger partial charge is 0.0464 e. The van der Waals surface area contributed by atoms with Crippen molar-refractivity contribution in [3.8, 4) is 134 Å². The molecule has 0 heterocycles. The molecule has 664 valence electrons. The van der Waals surface area contributed by atoms with Gasteiger partial charge in [0, 0.05) is 56.6 Å². The van der Waals surface area contributed by atoms with E-state index < -0.39 is 0 Å². The first kappa shape index (κ1) is 88.1. The number of fused-ring (bicyclic) bond motifs is 4. The van der Waals surface area contributed by atoms with E-state index in [0.717, 1.165) is 45.5 Å². The van der Waals surface area contributed by atoms with Crippen LogP contribution >= 0.6 is 0 Å². The van der Waals surface area contributed by atoms with Crippen LogP contribution in [-0.4, -0.2) is 0 Å². The largest absolute Gasteiger partial charge is 0.356 e. The highest BCUT2D eigenvalue weighted by Crippen LogP contribution is 2.41. The number of para-hydroxylation sites is 2. The molecule has 4 heteroatoms. The normalized spacial score (nSPS) is 10.9. The summed E-state index contributed by atoms with van der Waals surface area (Å²) in [5, 5.41) is 24.5. The average molecular weight is 1790 g/mol. The van der Waals surface area contributed by atoms with Gasteiger partial charge in [0.1, 0.15) is 0 Å². The van der Waals surface area contributed by atoms with E-state index in [9.17, 15) is 0 Å². The maximum absolute atomic E-state index is 3.64. The van der Waals surface area contributed by atoms with Gasteiger partial charge in [-0.25, -0.2) is 0 Å². The van der Waals surface area contributed by atoms with Gasteiger partial charge in [0.15, 0.2) is 0 Å². The van der Waals surface area contributed by atoms with Crippen molar-refractivity contribution in [3.63, 3.8) is 0 Å². The van der Waals surface area contributed by atoms with Gasteiger partial charge in [-0.2, -0.15) is 0 Å². The lowest BCUT2D eigenvalue weighted by Gasteiger charge is -2.15. The Bertz CT molecular complexity index is 8010. The van der Waals surface area contributed by atoms with Gasteiger partial charge < -0.3 is 21.3 Å². The zero-order valence-corrected chi connectivity index (χ0v) is 77.4. The highest BCUT2D eigenvalue weighted by molar-refractivity contribution is 5.98. The van der Waals surface area contributed by atoms with E-state index in [0.29, 0.717) is 0 Å². The SMILES string of the molecule is c1cc(Nc2cccc(-c3ccc4ccccc4c3)c2)cc(-c2ccc3ccccc3c2)c1.c1ccc(-c2cc(-c3ccccc3)cc(-c3ccc(Nc4ccc(-c5ccc6ccccc6c5)cc4)cc3)c2)cc1.c1ccc(-c2cc(-c3ccccc3)cc(-c3ccc(Nc4ccc(-c5cccc6ccccc56)cc4)cc3)c2)cc1.c1ccc(-c2ccccc2Nc2ccccc2-c2ccccc2)cc1. The van der Waals surface area contributed by atoms with E-state index in [4.69, 9.17) is 0 Å². The number of anilines is 8. The Balaban J connectivity index is 0.000000113. The zero-order valence-electron chi connectivity index (χ0n) is 77.4. The Labute approximate surface area is 819 Å². The van der Waals surface area contributed by atoms with Crippen LogP contribution in [0.25, 0.3) is 177 Å². The van der Waals surface area contributed by atoms with E-state index in [2.05, 4.69) is 592 Å². The van der Waals surface area contributed by atoms with Gasteiger partial charge in [-0.05, 0) is 305 Å². The minimum absolute atomic E-state index is 1.06. The van der Waals surface area contributed by atoms with Gasteiger partial charge in [0.25, 0.3) is 0 Å². The molecule has 0 saturated carbocycles. The maximum Gasteiger partial charge on any atom is 0.0464 e. The molecule has 4 N–H and O–H groups in total. The van der Waals surface area contributed by atoms with Crippen molar-refractivity contribution in [1.82, 2.24) is 0 Å². The van der Waals surface area contributed by atoms with Crippen LogP contribution < -0.4 is 21.3 Å². The predicted molar refractivity (Wildman–Crippen MR) is 600 cm³/mol. The first-order chi connectivity index (χ1) is 69.3. The van der Waals surface area contributed by atoms with Crippen molar-refractivity contribution < 1.29 is 0 Å². The van der Waals surface area contributed by atoms with Gasteiger partial charge >= 0.3 is 0 Å². The maximum atomic E-state index is 3.64. The summed E-state index contributed by atoms with van der Waals surface area (Å²) in [5.41, 5.74) is 37.8. The van der Waals surface area contributed by atoms with Gasteiger partial charge in [-0.3, -0.25) is 0 Å². The van der Waals surface area contributed by atoms with Crippen molar-refractivity contribution in [3.05, 3.63) is 582 Å². The fourth-order valence-electron chi connectivity index (χ4n) is 18.5. The molecule has 0 atom stereocenters. The molecule has 4 nitrogen and oxygen atoms in total. The Morgan fingerprint density at radius 2 is 0.307 bits per heavy atom. The molecular formula is C136H100N4. The van der Waals surface area contributed by atoms with Gasteiger partial charge in [-0.15, -0.1) is 0 Å². The Morgan fingerprint density at radius 3 is 0.657 bits per heavy atom. The highest BCUT2D eigenvalue weighted by atomic mass is 14.9. The Morgan fingerprint density at radius 1 is 0.0929 bits per heavy atom. The summed E-state index contributed by atoms with van der Waals surface area (Å²) < 4.78 is 0. The quantitative estimate of drug-likeness (QED) is 0.0614. The van der Waals surface area contributed by atoms with Crippen LogP contribution in [0.4, 0.5) is 45.5 Å². The third kappa shape index (κ3) is 21.3. The lowest BCUT2D eigenvalue weighted by atomic mass is 9.93. The molecule has 24 aromatic rings. The van der Waals surface area contributed by atoms with Crippen LogP contribution in [0, 0.1) is 0 Å². The molecule has 0 bridgehead atoms. The lowest BCUT2D eigenvalue weighted by Crippen LogP contribution is -1.95. The molecule has 24 aromatic carbocycles. The fraction of sp³-hybridized carbons (Fsp3) is 0. The van der Waals surface area contributed by atoms with Crippen molar-refractivity contribution in [2.24, 2.45) is 0 Å². The van der Waals surface area contributed by atoms with Crippen LogP contribution in [0.5, 0.6) is 0 Å². The molecule has 24 rings (SSSR count). The summed E-state index contributed by atoms with van der Waals surface area (Å²) in [4.78, 5) is 0. The second-order valence-corrected chi connectivity index (χ2v) is 35.1. The Kier molecular flexibility index (Phi) is 26.7. The van der Waals surface area contributed by atoms with Crippen molar-refractivity contribution in [2.45, 2.75) is 0 Å². The van der Waals surface area contributed by atoms with Gasteiger partial charge in [0.05, 0.1) is 0 Å². The molecule has 0 unspecified atom stereocenters. The summed E-state index contributed by atoms with van der Waals surface area (Å²) in [6, 6.07) is 206. The molecule has 0 spiro atoms. The molecule has 140 heavy (non-hydrogen) atoms. The van der Waals surface area contributed by atoms with Crippen LogP contribution in [0.3, 0.4) is 0 Å². The van der Waals surface area contributed by atoms with Crippen molar-refractivity contribution in [2.75, 3.05) is 21.3 Å². The Hall–Kier alpha value is -18.5. The standard InChI is InChI=1S/2C40H29N.C32H23N.C24H19N/c1-3-10-29(11-4-1)34-26-35(30-12-5-2-6-13-30)28-36(27-34)31-18-22-37(23-19-31)41-38-24-20-33(21-25-38)40-17-9-15-32-14-7-8-16-39(32)40;1-3-9-29(10-4-1)36-26-37(30-11-5-2-6-12-30)28-38(27-36)33-19-23-40(24-20-33)41-39-21-17-32(18-22-39)35-16-15-31-13-7-8-14-34(31)25-35;1-3-9-25-19-29(17-15-23(25)7-1)27-11-5-13-31(21-27)33-32-14-6-12-28(22-32)30-18-16-24-8-2-4-10-26(24)20-30;1-3-11-19(12-4-1)21-15-7-9-17-23(21)25-24-18-10-8-16-22(24)20-13-5-2-6-14-20/h2*1-28,41H;1-22,33H;1-18,25H. The van der Waals surface area contributed by atoms with E-state index in [1.54, 1.807) is 0 Å². The summed E-state index contributed by atoms with van der Waals surface area (Å²) >= 11 is 0. The molecule has 0 aromatic heterocycles. The summed E-state index contributed by atoms with van der Waals surface area (Å²) in [7, 11) is 0. The third-order valence-electron chi connectivity index (χ3n) is 25.7. The average Bonchev–Trinajstić information content (AvgIpc) is 0.787. The molecule has 0 radical (unpaired) electrons. The molecule has 0 aliphatic carbocycles. The fourth-order valence-corrected chi connectivity index (χ4v) is 18.5. The van der Waals surface area contributed by atoms with Crippen LogP contribution in [0.1, 0.15) is 0 Å². The summed E-state index contributed by atoms with van der Waals surface area (Å²) in [6.45, 7) is 0. The zero-order chi connectivity index (χ0) is 93.8. The first-order valence-electron chi connectivity index (χ1n) is 47.8. The first-order valence-corrected chi connectivity index (χ1v) is 47.8. The molecular weight excluding hydrogens is 1690 g/mol. The number of benzene rings is 24. The highest BCUT2D eigenvalue weighted by Gasteiger charge is 2.16. The second-order valence-electron chi connectivity index (χ2n) is 35.1. The van der Waals surface area contributed by atoms with E-state index >= 15 is 0 Å². The molecule has 0 saturated heterocycles. The summed E-state index contributed by atoms with van der Waals surface area (Å²) in [5.74, 6) is 0. The molecule has 0 amide bonds. The monoisotopic (exact) mass is 1790 g/mol. The molecule has 0 aliphatic heterocycles. The van der Waals surface area contributed by atoms with Crippen molar-refractivity contribution >= 4 is 88.6 Å². The van der Waals surface area contributed by atoms with E-state index in [-0.39, 0.29) is 0 Å². The number of nitrogens with one attached hydrogen (secondary N) is 4. The topological polar surface area (TPSA) is 48.1 Å². The summed E-state index contributed by atoms with van der Waals surface area (Å²) in [6.07, 6.45) is 0. The minimum atomic E-state index is 1.06. The van der Waals surface area contributed by atoms with E-state index in [1.807, 2.05) is 12.1 Å². The number of hydrogen-bond donors (Lipinski definition) is 4. The van der Waals surface area contributed by atoms with Crippen LogP contribution in [-0.2, 0) is 0 Å². The number of rotatable bonds is 20. The molecule has 0 aliphatic rings. The lowest BCUT2D eigenvalue weighted by molar-refractivity contribution is 1.52.